The number of hydrogen-bond donors (Lipinski definition) is 1. The first-order valence-corrected chi connectivity index (χ1v) is 8.44. The molecule has 0 aliphatic heterocycles. The first kappa shape index (κ1) is 16.5. The molecule has 2 rings (SSSR count). The molecule has 1 atom stereocenters. The second-order valence-corrected chi connectivity index (χ2v) is 7.36. The van der Waals surface area contributed by atoms with E-state index < -0.39 is 6.10 Å². The average molecular weight is 289 g/mol. The zero-order valence-electron chi connectivity index (χ0n) is 13.9. The predicted octanol–water partition coefficient (Wildman–Crippen LogP) is 4.40. The van der Waals surface area contributed by atoms with Crippen molar-refractivity contribution < 1.29 is 5.11 Å². The molecule has 1 aliphatic carbocycles. The van der Waals surface area contributed by atoms with Crippen molar-refractivity contribution in [1.29, 1.82) is 0 Å². The molecule has 0 radical (unpaired) electrons. The molecule has 0 heterocycles. The number of aliphatic hydroxyl groups excluding tert-OH is 1. The minimum Gasteiger partial charge on any atom is -0.388 e. The summed E-state index contributed by atoms with van der Waals surface area (Å²) in [6.07, 6.45) is 7.71. The molecule has 2 heteroatoms. The quantitative estimate of drug-likeness (QED) is 0.812. The number of benzene rings is 1. The lowest BCUT2D eigenvalue weighted by Crippen LogP contribution is -2.41. The Bertz CT molecular complexity index is 407. The van der Waals surface area contributed by atoms with Gasteiger partial charge in [-0.3, -0.25) is 0 Å². The Balaban J connectivity index is 1.98. The van der Waals surface area contributed by atoms with Crippen LogP contribution in [0, 0.1) is 5.41 Å². The largest absolute Gasteiger partial charge is 0.388 e. The van der Waals surface area contributed by atoms with Crippen molar-refractivity contribution in [2.75, 3.05) is 13.6 Å². The second kappa shape index (κ2) is 7.42. The minimum absolute atomic E-state index is 0.137. The Hall–Kier alpha value is -0.860. The van der Waals surface area contributed by atoms with Gasteiger partial charge in [0.25, 0.3) is 0 Å². The Morgan fingerprint density at radius 3 is 2.24 bits per heavy atom. The van der Waals surface area contributed by atoms with Crippen LogP contribution in [0.4, 0.5) is 0 Å². The molecular formula is C19H31NO. The SMILES string of the molecule is CN(CC(C)(C)C(O)c1ccccc1)C1CCCCCC1. The highest BCUT2D eigenvalue weighted by Crippen LogP contribution is 2.35. The van der Waals surface area contributed by atoms with E-state index in [1.54, 1.807) is 0 Å². The topological polar surface area (TPSA) is 23.5 Å². The lowest BCUT2D eigenvalue weighted by atomic mass is 9.81. The highest BCUT2D eigenvalue weighted by molar-refractivity contribution is 5.19. The maximum absolute atomic E-state index is 10.7. The first-order valence-electron chi connectivity index (χ1n) is 8.44. The number of aliphatic hydroxyl groups is 1. The normalized spacial score (nSPS) is 19.5. The van der Waals surface area contributed by atoms with E-state index in [1.807, 2.05) is 30.3 Å². The molecule has 1 N–H and O–H groups in total. The average Bonchev–Trinajstić information content (AvgIpc) is 2.76. The molecule has 1 aromatic rings. The number of nitrogens with zero attached hydrogens (tertiary/aromatic N) is 1. The van der Waals surface area contributed by atoms with E-state index in [0.717, 1.165) is 12.1 Å². The van der Waals surface area contributed by atoms with Gasteiger partial charge < -0.3 is 10.0 Å². The van der Waals surface area contributed by atoms with E-state index in [0.29, 0.717) is 6.04 Å². The molecule has 0 spiro atoms. The van der Waals surface area contributed by atoms with Crippen LogP contribution in [0.15, 0.2) is 30.3 Å². The van der Waals surface area contributed by atoms with Gasteiger partial charge in [-0.25, -0.2) is 0 Å². The summed E-state index contributed by atoms with van der Waals surface area (Å²) in [6, 6.07) is 10.7. The molecule has 0 bridgehead atoms. The van der Waals surface area contributed by atoms with Crippen molar-refractivity contribution >= 4 is 0 Å². The van der Waals surface area contributed by atoms with Gasteiger partial charge in [0.1, 0.15) is 0 Å². The third-order valence-corrected chi connectivity index (χ3v) is 4.96. The Labute approximate surface area is 130 Å². The maximum Gasteiger partial charge on any atom is 0.0853 e. The van der Waals surface area contributed by atoms with Gasteiger partial charge in [-0.2, -0.15) is 0 Å². The van der Waals surface area contributed by atoms with Gasteiger partial charge in [-0.05, 0) is 25.5 Å². The molecule has 0 aromatic heterocycles. The van der Waals surface area contributed by atoms with Crippen molar-refractivity contribution in [1.82, 2.24) is 4.90 Å². The molecule has 1 aliphatic rings. The molecule has 0 saturated heterocycles. The van der Waals surface area contributed by atoms with Gasteiger partial charge in [0.2, 0.25) is 0 Å². The van der Waals surface area contributed by atoms with Gasteiger partial charge in [-0.1, -0.05) is 69.9 Å². The fraction of sp³-hybridized carbons (Fsp3) is 0.684. The smallest absolute Gasteiger partial charge is 0.0853 e. The monoisotopic (exact) mass is 289 g/mol. The summed E-state index contributed by atoms with van der Waals surface area (Å²) < 4.78 is 0. The van der Waals surface area contributed by atoms with Crippen LogP contribution in [0.3, 0.4) is 0 Å². The predicted molar refractivity (Wildman–Crippen MR) is 89.3 cm³/mol. The lowest BCUT2D eigenvalue weighted by molar-refractivity contribution is 0.0150. The summed E-state index contributed by atoms with van der Waals surface area (Å²) in [5.41, 5.74) is 0.888. The van der Waals surface area contributed by atoms with Crippen LogP contribution >= 0.6 is 0 Å². The third kappa shape index (κ3) is 4.55. The van der Waals surface area contributed by atoms with E-state index >= 15 is 0 Å². The van der Waals surface area contributed by atoms with Crippen molar-refractivity contribution in [3.05, 3.63) is 35.9 Å². The molecule has 0 amide bonds. The highest BCUT2D eigenvalue weighted by atomic mass is 16.3. The van der Waals surface area contributed by atoms with Gasteiger partial charge in [-0.15, -0.1) is 0 Å². The van der Waals surface area contributed by atoms with Crippen molar-refractivity contribution in [3.8, 4) is 0 Å². The van der Waals surface area contributed by atoms with Crippen molar-refractivity contribution in [2.45, 2.75) is 64.5 Å². The summed E-state index contributed by atoms with van der Waals surface area (Å²) in [7, 11) is 2.23. The minimum atomic E-state index is -0.410. The second-order valence-electron chi connectivity index (χ2n) is 7.36. The van der Waals surface area contributed by atoms with Gasteiger partial charge in [0.15, 0.2) is 0 Å². The Morgan fingerprint density at radius 1 is 1.10 bits per heavy atom. The molecule has 2 nitrogen and oxygen atoms in total. The molecule has 1 saturated carbocycles. The van der Waals surface area contributed by atoms with E-state index in [1.165, 1.54) is 38.5 Å². The van der Waals surface area contributed by atoms with Crippen LogP contribution in [0.5, 0.6) is 0 Å². The molecule has 1 fully saturated rings. The van der Waals surface area contributed by atoms with Crippen molar-refractivity contribution in [2.24, 2.45) is 5.41 Å². The summed E-state index contributed by atoms with van der Waals surface area (Å²) in [6.45, 7) is 5.30. The number of rotatable bonds is 5. The summed E-state index contributed by atoms with van der Waals surface area (Å²) in [5, 5.41) is 10.7. The molecule has 118 valence electrons. The number of hydrogen-bond acceptors (Lipinski definition) is 2. The highest BCUT2D eigenvalue weighted by Gasteiger charge is 2.32. The zero-order chi connectivity index (χ0) is 15.3. The maximum atomic E-state index is 10.7. The van der Waals surface area contributed by atoms with E-state index in [-0.39, 0.29) is 5.41 Å². The van der Waals surface area contributed by atoms with Crippen LogP contribution in [0.25, 0.3) is 0 Å². The summed E-state index contributed by atoms with van der Waals surface area (Å²) >= 11 is 0. The Morgan fingerprint density at radius 2 is 1.67 bits per heavy atom. The molecular weight excluding hydrogens is 258 g/mol. The molecule has 1 unspecified atom stereocenters. The summed E-state index contributed by atoms with van der Waals surface area (Å²) in [4.78, 5) is 2.48. The van der Waals surface area contributed by atoms with Crippen molar-refractivity contribution in [3.63, 3.8) is 0 Å². The van der Waals surface area contributed by atoms with Gasteiger partial charge >= 0.3 is 0 Å². The Kier molecular flexibility index (Phi) is 5.83. The first-order chi connectivity index (χ1) is 10.0. The summed E-state index contributed by atoms with van der Waals surface area (Å²) in [5.74, 6) is 0. The fourth-order valence-electron chi connectivity index (χ4n) is 3.64. The van der Waals surface area contributed by atoms with Crippen LogP contribution in [-0.2, 0) is 0 Å². The molecule has 21 heavy (non-hydrogen) atoms. The van der Waals surface area contributed by atoms with Gasteiger partial charge in [0, 0.05) is 18.0 Å². The van der Waals surface area contributed by atoms with E-state index in [4.69, 9.17) is 0 Å². The van der Waals surface area contributed by atoms with Crippen LogP contribution in [-0.4, -0.2) is 29.6 Å². The lowest BCUT2D eigenvalue weighted by Gasteiger charge is -2.38. The zero-order valence-corrected chi connectivity index (χ0v) is 13.9. The van der Waals surface area contributed by atoms with E-state index in [9.17, 15) is 5.11 Å². The van der Waals surface area contributed by atoms with Crippen LogP contribution in [0.1, 0.15) is 64.0 Å². The fourth-order valence-corrected chi connectivity index (χ4v) is 3.64. The molecule has 1 aromatic carbocycles. The van der Waals surface area contributed by atoms with Gasteiger partial charge in [0.05, 0.1) is 6.10 Å². The van der Waals surface area contributed by atoms with E-state index in [2.05, 4.69) is 25.8 Å². The standard InChI is InChI=1S/C19H31NO/c1-19(2,18(21)16-11-7-6-8-12-16)15-20(3)17-13-9-4-5-10-14-17/h6-8,11-12,17-18,21H,4-5,9-10,13-15H2,1-3H3. The van der Waals surface area contributed by atoms with Crippen LogP contribution in [0.2, 0.25) is 0 Å². The van der Waals surface area contributed by atoms with Crippen LogP contribution < -0.4 is 0 Å². The third-order valence-electron chi connectivity index (χ3n) is 4.96.